The van der Waals surface area contributed by atoms with Crippen LogP contribution in [0.25, 0.3) is 0 Å². The van der Waals surface area contributed by atoms with E-state index in [9.17, 15) is 4.79 Å². The van der Waals surface area contributed by atoms with Gasteiger partial charge in [-0.2, -0.15) is 0 Å². The smallest absolute Gasteiger partial charge is 0.243 e. The Labute approximate surface area is 134 Å². The van der Waals surface area contributed by atoms with E-state index < -0.39 is 0 Å². The second kappa shape index (κ2) is 6.43. The lowest BCUT2D eigenvalue weighted by atomic mass is 9.53. The minimum atomic E-state index is 0. The molecule has 4 aliphatic rings. The fourth-order valence-electron chi connectivity index (χ4n) is 5.19. The van der Waals surface area contributed by atoms with Crippen LogP contribution in [0, 0.1) is 17.8 Å². The van der Waals surface area contributed by atoms with Gasteiger partial charge in [0.2, 0.25) is 5.91 Å². The zero-order valence-electron chi connectivity index (χ0n) is 13.5. The van der Waals surface area contributed by atoms with Crippen LogP contribution in [0.15, 0.2) is 0 Å². The minimum absolute atomic E-state index is 0. The molecule has 21 heavy (non-hydrogen) atoms. The van der Waals surface area contributed by atoms with Crippen LogP contribution in [0.3, 0.4) is 0 Å². The van der Waals surface area contributed by atoms with Crippen molar-refractivity contribution in [2.24, 2.45) is 17.8 Å². The Balaban J connectivity index is 0.00000161. The standard InChI is InChI=1S/C16H28N2O2.ClH/c1-12(19)18(20-5-4-17(2)3)16-9-13-6-14(10-16)8-15(7-13)11-16;/h13-15H,4-11H2,1-3H3;1H. The van der Waals surface area contributed by atoms with Gasteiger partial charge in [-0.05, 0) is 70.4 Å². The maximum Gasteiger partial charge on any atom is 0.243 e. The summed E-state index contributed by atoms with van der Waals surface area (Å²) in [4.78, 5) is 20.2. The van der Waals surface area contributed by atoms with Gasteiger partial charge in [0.15, 0.2) is 0 Å². The number of hydrogen-bond acceptors (Lipinski definition) is 3. The Hall–Kier alpha value is -0.320. The highest BCUT2D eigenvalue weighted by molar-refractivity contribution is 5.85. The Morgan fingerprint density at radius 2 is 1.57 bits per heavy atom. The number of carbonyl (C=O) groups is 1. The molecule has 0 aliphatic heterocycles. The third-order valence-corrected chi connectivity index (χ3v) is 5.48. The molecule has 4 nitrogen and oxygen atoms in total. The summed E-state index contributed by atoms with van der Waals surface area (Å²) < 4.78 is 0. The van der Waals surface area contributed by atoms with E-state index in [2.05, 4.69) is 4.90 Å². The van der Waals surface area contributed by atoms with Crippen molar-refractivity contribution >= 4 is 18.3 Å². The van der Waals surface area contributed by atoms with Gasteiger partial charge in [0.05, 0.1) is 12.1 Å². The number of amides is 1. The lowest BCUT2D eigenvalue weighted by Crippen LogP contribution is -2.61. The van der Waals surface area contributed by atoms with Crippen molar-refractivity contribution in [2.45, 2.75) is 51.0 Å². The van der Waals surface area contributed by atoms with E-state index in [0.717, 1.165) is 24.3 Å². The minimum Gasteiger partial charge on any atom is -0.307 e. The average Bonchev–Trinajstić information content (AvgIpc) is 2.31. The number of carbonyl (C=O) groups excluding carboxylic acids is 1. The van der Waals surface area contributed by atoms with Crippen molar-refractivity contribution in [3.63, 3.8) is 0 Å². The molecule has 4 bridgehead atoms. The van der Waals surface area contributed by atoms with Gasteiger partial charge in [-0.15, -0.1) is 12.4 Å². The van der Waals surface area contributed by atoms with Crippen LogP contribution in [0.5, 0.6) is 0 Å². The highest BCUT2D eigenvalue weighted by Crippen LogP contribution is 2.57. The van der Waals surface area contributed by atoms with Gasteiger partial charge in [-0.1, -0.05) is 0 Å². The Kier molecular flexibility index (Phi) is 5.22. The van der Waals surface area contributed by atoms with E-state index in [4.69, 9.17) is 4.84 Å². The predicted molar refractivity (Wildman–Crippen MR) is 85.2 cm³/mol. The summed E-state index contributed by atoms with van der Waals surface area (Å²) >= 11 is 0. The molecule has 4 fully saturated rings. The first kappa shape index (κ1) is 17.0. The molecular formula is C16H29ClN2O2. The summed E-state index contributed by atoms with van der Waals surface area (Å²) in [6.45, 7) is 3.12. The van der Waals surface area contributed by atoms with Crippen molar-refractivity contribution in [2.75, 3.05) is 27.2 Å². The molecule has 0 N–H and O–H groups in total. The molecule has 0 aromatic heterocycles. The van der Waals surface area contributed by atoms with Crippen molar-refractivity contribution in [3.05, 3.63) is 0 Å². The summed E-state index contributed by atoms with van der Waals surface area (Å²) in [5.74, 6) is 2.59. The summed E-state index contributed by atoms with van der Waals surface area (Å²) in [5.41, 5.74) is 0.0207. The van der Waals surface area contributed by atoms with Crippen LogP contribution >= 0.6 is 12.4 Å². The lowest BCUT2D eigenvalue weighted by Gasteiger charge is -2.59. The molecule has 0 spiro atoms. The lowest BCUT2D eigenvalue weighted by molar-refractivity contribution is -0.251. The van der Waals surface area contributed by atoms with E-state index in [1.54, 1.807) is 12.0 Å². The Morgan fingerprint density at radius 1 is 1.10 bits per heavy atom. The number of hydrogen-bond donors (Lipinski definition) is 0. The zero-order chi connectivity index (χ0) is 14.3. The predicted octanol–water partition coefficient (Wildman–Crippen LogP) is 2.72. The van der Waals surface area contributed by atoms with E-state index >= 15 is 0 Å². The fourth-order valence-corrected chi connectivity index (χ4v) is 5.19. The van der Waals surface area contributed by atoms with Crippen molar-refractivity contribution < 1.29 is 9.63 Å². The molecule has 0 aromatic rings. The maximum atomic E-state index is 12.1. The van der Waals surface area contributed by atoms with Crippen LogP contribution in [0.1, 0.15) is 45.4 Å². The number of hydroxylamine groups is 2. The maximum absolute atomic E-state index is 12.1. The first-order valence-electron chi connectivity index (χ1n) is 8.07. The molecule has 0 radical (unpaired) electrons. The third kappa shape index (κ3) is 3.38. The van der Waals surface area contributed by atoms with Crippen LogP contribution in [0.2, 0.25) is 0 Å². The Morgan fingerprint density at radius 3 is 1.95 bits per heavy atom. The molecule has 0 atom stereocenters. The molecule has 1 amide bonds. The largest absolute Gasteiger partial charge is 0.307 e. The second-order valence-corrected chi connectivity index (χ2v) is 7.59. The summed E-state index contributed by atoms with van der Waals surface area (Å²) in [6.07, 6.45) is 7.68. The highest BCUT2D eigenvalue weighted by atomic mass is 35.5. The van der Waals surface area contributed by atoms with Crippen molar-refractivity contribution in [3.8, 4) is 0 Å². The molecule has 0 unspecified atom stereocenters. The molecule has 4 aliphatic carbocycles. The van der Waals surface area contributed by atoms with E-state index in [1.807, 2.05) is 14.1 Å². The summed E-state index contributed by atoms with van der Waals surface area (Å²) in [7, 11) is 4.07. The summed E-state index contributed by atoms with van der Waals surface area (Å²) in [5, 5.41) is 1.78. The monoisotopic (exact) mass is 316 g/mol. The van der Waals surface area contributed by atoms with Crippen LogP contribution in [0.4, 0.5) is 0 Å². The van der Waals surface area contributed by atoms with Gasteiger partial charge in [0.25, 0.3) is 0 Å². The highest BCUT2D eigenvalue weighted by Gasteiger charge is 2.55. The molecule has 4 rings (SSSR count). The van der Waals surface area contributed by atoms with E-state index in [0.29, 0.717) is 6.61 Å². The molecule has 0 aromatic carbocycles. The van der Waals surface area contributed by atoms with E-state index in [1.165, 1.54) is 38.5 Å². The Bertz CT molecular complexity index is 351. The molecule has 5 heteroatoms. The average molecular weight is 317 g/mol. The third-order valence-electron chi connectivity index (χ3n) is 5.48. The van der Waals surface area contributed by atoms with Gasteiger partial charge in [0.1, 0.15) is 0 Å². The SMILES string of the molecule is CC(=O)N(OCCN(C)C)C12CC3CC(CC(C3)C1)C2.Cl. The zero-order valence-corrected chi connectivity index (χ0v) is 14.3. The number of halogens is 1. The van der Waals surface area contributed by atoms with Gasteiger partial charge < -0.3 is 4.90 Å². The van der Waals surface area contributed by atoms with Gasteiger partial charge in [-0.25, -0.2) is 5.06 Å². The first-order valence-corrected chi connectivity index (χ1v) is 8.07. The second-order valence-electron chi connectivity index (χ2n) is 7.59. The molecule has 0 heterocycles. The number of nitrogens with zero attached hydrogens (tertiary/aromatic N) is 2. The quantitative estimate of drug-likeness (QED) is 0.731. The van der Waals surface area contributed by atoms with Crippen LogP contribution in [-0.2, 0) is 9.63 Å². The number of rotatable bonds is 5. The molecular weight excluding hydrogens is 288 g/mol. The van der Waals surface area contributed by atoms with Gasteiger partial charge >= 0.3 is 0 Å². The first-order chi connectivity index (χ1) is 9.48. The molecule has 122 valence electrons. The van der Waals surface area contributed by atoms with Crippen molar-refractivity contribution in [1.82, 2.24) is 9.96 Å². The molecule has 0 saturated heterocycles. The fraction of sp³-hybridized carbons (Fsp3) is 0.938. The van der Waals surface area contributed by atoms with E-state index in [-0.39, 0.29) is 23.9 Å². The summed E-state index contributed by atoms with van der Waals surface area (Å²) in [6, 6.07) is 0. The number of likely N-dealkylation sites (N-methyl/N-ethyl adjacent to an activating group) is 1. The topological polar surface area (TPSA) is 32.8 Å². The van der Waals surface area contributed by atoms with Gasteiger partial charge in [0, 0.05) is 13.5 Å². The van der Waals surface area contributed by atoms with Crippen LogP contribution < -0.4 is 0 Å². The van der Waals surface area contributed by atoms with Crippen molar-refractivity contribution in [1.29, 1.82) is 0 Å². The van der Waals surface area contributed by atoms with Gasteiger partial charge in [-0.3, -0.25) is 9.63 Å². The molecule has 4 saturated carbocycles. The van der Waals surface area contributed by atoms with Crippen LogP contribution in [-0.4, -0.2) is 48.7 Å². The normalized spacial score (nSPS) is 36.7.